The third-order valence-electron chi connectivity index (χ3n) is 6.22. The Balaban J connectivity index is 1.99. The highest BCUT2D eigenvalue weighted by Crippen LogP contribution is 2.41. The first kappa shape index (κ1) is 33.6. The molecule has 2 heterocycles. The number of hydrogen-bond donors (Lipinski definition) is 4. The SMILES string of the molecule is [C-]#[N+]c1cnn(-c2cc(S(=O)(=O)O)ccc2S(=O)(=O)O)c1N=Nc1c(C(C)(C)C)nn(-c2ccccc2)c1NC(=O)CCC(=O)O. The number of amides is 1. The van der Waals surface area contributed by atoms with E-state index in [0.717, 1.165) is 23.0 Å². The van der Waals surface area contributed by atoms with Crippen molar-refractivity contribution in [1.29, 1.82) is 0 Å². The van der Waals surface area contributed by atoms with E-state index in [1.165, 1.54) is 4.68 Å². The van der Waals surface area contributed by atoms with Crippen LogP contribution in [0.2, 0.25) is 0 Å². The molecule has 0 bridgehead atoms. The van der Waals surface area contributed by atoms with Crippen molar-refractivity contribution < 1.29 is 40.6 Å². The Morgan fingerprint density at radius 1 is 0.978 bits per heavy atom. The van der Waals surface area contributed by atoms with Crippen LogP contribution in [0.15, 0.2) is 74.7 Å². The number of aliphatic carboxylic acids is 1. The van der Waals surface area contributed by atoms with Crippen molar-refractivity contribution in [2.24, 2.45) is 10.2 Å². The lowest BCUT2D eigenvalue weighted by Gasteiger charge is -2.15. The van der Waals surface area contributed by atoms with E-state index in [9.17, 15) is 35.5 Å². The first-order chi connectivity index (χ1) is 21.4. The van der Waals surface area contributed by atoms with Crippen molar-refractivity contribution in [1.82, 2.24) is 19.6 Å². The number of para-hydroxylation sites is 1. The van der Waals surface area contributed by atoms with Gasteiger partial charge in [-0.05, 0) is 30.3 Å². The van der Waals surface area contributed by atoms with Crippen LogP contribution in [0.3, 0.4) is 0 Å². The number of nitrogens with one attached hydrogen (secondary N) is 1. The second kappa shape index (κ2) is 12.6. The van der Waals surface area contributed by atoms with Crippen LogP contribution in [-0.2, 0) is 35.2 Å². The molecular weight excluding hydrogens is 644 g/mol. The molecule has 0 aliphatic heterocycles. The lowest BCUT2D eigenvalue weighted by atomic mass is 9.91. The minimum Gasteiger partial charge on any atom is -0.481 e. The number of aromatic nitrogens is 4. The lowest BCUT2D eigenvalue weighted by molar-refractivity contribution is -0.138. The monoisotopic (exact) mass is 670 g/mol. The molecule has 19 heteroatoms. The van der Waals surface area contributed by atoms with E-state index in [0.29, 0.717) is 17.4 Å². The Morgan fingerprint density at radius 3 is 2.22 bits per heavy atom. The number of nitrogens with zero attached hydrogens (tertiary/aromatic N) is 7. The lowest BCUT2D eigenvalue weighted by Crippen LogP contribution is -2.16. The van der Waals surface area contributed by atoms with Crippen LogP contribution in [0.5, 0.6) is 0 Å². The molecule has 0 saturated heterocycles. The van der Waals surface area contributed by atoms with E-state index in [4.69, 9.17) is 11.7 Å². The Morgan fingerprint density at radius 2 is 1.65 bits per heavy atom. The van der Waals surface area contributed by atoms with Crippen molar-refractivity contribution in [3.8, 4) is 11.4 Å². The Labute approximate surface area is 262 Å². The van der Waals surface area contributed by atoms with E-state index in [1.807, 2.05) is 0 Å². The van der Waals surface area contributed by atoms with Crippen LogP contribution < -0.4 is 5.32 Å². The summed E-state index contributed by atoms with van der Waals surface area (Å²) in [4.78, 5) is 25.7. The molecule has 0 spiro atoms. The normalized spacial score (nSPS) is 12.3. The van der Waals surface area contributed by atoms with Gasteiger partial charge in [-0.3, -0.25) is 18.7 Å². The van der Waals surface area contributed by atoms with Crippen molar-refractivity contribution in [2.75, 3.05) is 5.32 Å². The number of carbonyl (C=O) groups is 2. The fourth-order valence-electron chi connectivity index (χ4n) is 4.11. The van der Waals surface area contributed by atoms with Gasteiger partial charge in [-0.15, -0.1) is 10.2 Å². The quantitative estimate of drug-likeness (QED) is 0.103. The zero-order valence-electron chi connectivity index (χ0n) is 24.3. The molecule has 0 aliphatic carbocycles. The fraction of sp³-hybridized carbons (Fsp3) is 0.222. The maximum atomic E-state index is 12.8. The smallest absolute Gasteiger partial charge is 0.303 e. The second-order valence-electron chi connectivity index (χ2n) is 10.6. The van der Waals surface area contributed by atoms with Crippen molar-refractivity contribution in [3.05, 3.63) is 71.8 Å². The van der Waals surface area contributed by atoms with Gasteiger partial charge in [-0.25, -0.2) is 14.2 Å². The number of carbonyl (C=O) groups excluding carboxylic acids is 1. The van der Waals surface area contributed by atoms with Gasteiger partial charge in [0.2, 0.25) is 5.91 Å². The highest BCUT2D eigenvalue weighted by molar-refractivity contribution is 7.86. The van der Waals surface area contributed by atoms with Gasteiger partial charge in [0.05, 0.1) is 41.2 Å². The summed E-state index contributed by atoms with van der Waals surface area (Å²) in [5.41, 5.74) is -0.808. The number of anilines is 1. The maximum Gasteiger partial charge on any atom is 0.303 e. The van der Waals surface area contributed by atoms with Crippen LogP contribution >= 0.6 is 0 Å². The van der Waals surface area contributed by atoms with Gasteiger partial charge in [0.25, 0.3) is 25.9 Å². The van der Waals surface area contributed by atoms with E-state index in [1.54, 1.807) is 51.1 Å². The molecule has 0 unspecified atom stereocenters. The third-order valence-corrected chi connectivity index (χ3v) is 7.97. The van der Waals surface area contributed by atoms with Crippen LogP contribution in [-0.4, -0.2) is 62.5 Å². The van der Waals surface area contributed by atoms with Crippen molar-refractivity contribution in [2.45, 2.75) is 48.8 Å². The predicted octanol–water partition coefficient (Wildman–Crippen LogP) is 4.62. The molecule has 1 amide bonds. The molecule has 17 nitrogen and oxygen atoms in total. The van der Waals surface area contributed by atoms with Gasteiger partial charge >= 0.3 is 5.97 Å². The van der Waals surface area contributed by atoms with E-state index < -0.39 is 65.2 Å². The van der Waals surface area contributed by atoms with Gasteiger partial charge in [-0.1, -0.05) is 39.0 Å². The molecule has 0 radical (unpaired) electrons. The largest absolute Gasteiger partial charge is 0.481 e. The van der Waals surface area contributed by atoms with Gasteiger partial charge in [-0.2, -0.15) is 27.0 Å². The molecule has 0 saturated carbocycles. The summed E-state index contributed by atoms with van der Waals surface area (Å²) in [6.45, 7) is 13.0. The zero-order chi connectivity index (χ0) is 34.0. The Hall–Kier alpha value is -5.29. The summed E-state index contributed by atoms with van der Waals surface area (Å²) >= 11 is 0. The number of hydrogen-bond acceptors (Lipinski definition) is 10. The van der Waals surface area contributed by atoms with Crippen LogP contribution in [0.4, 0.5) is 23.0 Å². The number of rotatable bonds is 10. The van der Waals surface area contributed by atoms with Gasteiger partial charge < -0.3 is 10.4 Å². The molecule has 2 aromatic carbocycles. The molecule has 4 N–H and O–H groups in total. The topological polar surface area (TPSA) is 240 Å². The van der Waals surface area contributed by atoms with Crippen molar-refractivity contribution >= 4 is 55.1 Å². The van der Waals surface area contributed by atoms with E-state index in [-0.39, 0.29) is 23.6 Å². The standard InChI is InChI=1S/C27H26N8O9S2/c1-27(2,3)24-23(26(30-21(36)12-13-22(37)38)34(33-24)16-8-6-5-7-9-16)31-32-25-18(28-4)15-29-35(25)19-14-17(45(39,40)41)10-11-20(19)46(42,43)44/h5-11,14-15H,12-13H2,1-3H3,(H,30,36)(H,37,38)(H,39,40,41)(H,42,43,44). The molecule has 4 rings (SSSR count). The number of carboxylic acid groups (broad SMARTS) is 1. The van der Waals surface area contributed by atoms with Gasteiger partial charge in [0.15, 0.2) is 17.3 Å². The first-order valence-electron chi connectivity index (χ1n) is 13.1. The predicted molar refractivity (Wildman–Crippen MR) is 161 cm³/mol. The summed E-state index contributed by atoms with van der Waals surface area (Å²) in [5, 5.41) is 28.7. The molecule has 0 atom stereocenters. The van der Waals surface area contributed by atoms with Crippen LogP contribution in [0.25, 0.3) is 16.2 Å². The van der Waals surface area contributed by atoms with Gasteiger partial charge in [0.1, 0.15) is 4.90 Å². The summed E-state index contributed by atoms with van der Waals surface area (Å²) < 4.78 is 69.6. The molecule has 4 aromatic rings. The number of azo groups is 1. The molecule has 46 heavy (non-hydrogen) atoms. The first-order valence-corrected chi connectivity index (χ1v) is 16.0. The zero-order valence-corrected chi connectivity index (χ0v) is 26.0. The Bertz CT molecular complexity index is 2120. The highest BCUT2D eigenvalue weighted by atomic mass is 32.2. The number of carboxylic acids is 1. The van der Waals surface area contributed by atoms with Crippen LogP contribution in [0.1, 0.15) is 39.3 Å². The summed E-state index contributed by atoms with van der Waals surface area (Å²) in [6, 6.07) is 10.8. The summed E-state index contributed by atoms with van der Waals surface area (Å²) in [5.74, 6) is -2.28. The minimum atomic E-state index is -5.00. The average molecular weight is 671 g/mol. The third kappa shape index (κ3) is 7.32. The molecule has 2 aromatic heterocycles. The average Bonchev–Trinajstić information content (AvgIpc) is 3.55. The molecule has 0 aliphatic rings. The highest BCUT2D eigenvalue weighted by Gasteiger charge is 2.30. The molecular formula is C27H26N8O9S2. The van der Waals surface area contributed by atoms with Crippen LogP contribution in [0, 0.1) is 6.57 Å². The van der Waals surface area contributed by atoms with Gasteiger partial charge in [0, 0.05) is 11.8 Å². The summed E-state index contributed by atoms with van der Waals surface area (Å²) in [7, 11) is -9.86. The van der Waals surface area contributed by atoms with Crippen molar-refractivity contribution in [3.63, 3.8) is 0 Å². The fourth-order valence-corrected chi connectivity index (χ4v) is 5.26. The van der Waals surface area contributed by atoms with E-state index >= 15 is 0 Å². The molecule has 0 fully saturated rings. The maximum absolute atomic E-state index is 12.8. The minimum absolute atomic E-state index is 0.00214. The molecule has 240 valence electrons. The second-order valence-corrected chi connectivity index (χ2v) is 13.5. The Kier molecular flexibility index (Phi) is 9.21. The summed E-state index contributed by atoms with van der Waals surface area (Å²) in [6.07, 6.45) is 0.149. The van der Waals surface area contributed by atoms with E-state index in [2.05, 4.69) is 30.6 Å². The number of benzene rings is 2.